The first kappa shape index (κ1) is 18.9. The second kappa shape index (κ2) is 9.14. The number of anilines is 1. The number of nitrogens with zero attached hydrogens (tertiary/aromatic N) is 1. The summed E-state index contributed by atoms with van der Waals surface area (Å²) >= 11 is 0. The van der Waals surface area contributed by atoms with Gasteiger partial charge in [-0.1, -0.05) is 12.1 Å². The number of amides is 2. The molecule has 0 spiro atoms. The van der Waals surface area contributed by atoms with Crippen molar-refractivity contribution in [1.82, 2.24) is 10.2 Å². The van der Waals surface area contributed by atoms with Gasteiger partial charge in [-0.2, -0.15) is 0 Å². The first-order chi connectivity index (χ1) is 12.6. The van der Waals surface area contributed by atoms with E-state index in [1.165, 1.54) is 12.8 Å². The molecule has 4 N–H and O–H groups in total. The molecule has 2 heterocycles. The van der Waals surface area contributed by atoms with Crippen LogP contribution in [-0.2, 0) is 16.1 Å². The summed E-state index contributed by atoms with van der Waals surface area (Å²) in [5, 5.41) is 6.37. The monoisotopic (exact) mass is 358 g/mol. The van der Waals surface area contributed by atoms with E-state index in [9.17, 15) is 9.59 Å². The zero-order valence-corrected chi connectivity index (χ0v) is 15.4. The second-order valence-electron chi connectivity index (χ2n) is 7.51. The van der Waals surface area contributed by atoms with Gasteiger partial charge in [-0.3, -0.25) is 14.5 Å². The molecular formula is C20H30N4O2. The highest BCUT2D eigenvalue weighted by Gasteiger charge is 2.28. The van der Waals surface area contributed by atoms with Crippen molar-refractivity contribution >= 4 is 17.5 Å². The Morgan fingerprint density at radius 2 is 2.04 bits per heavy atom. The van der Waals surface area contributed by atoms with Gasteiger partial charge in [-0.05, 0) is 75.4 Å². The van der Waals surface area contributed by atoms with Gasteiger partial charge >= 0.3 is 0 Å². The Labute approximate surface area is 155 Å². The fourth-order valence-corrected chi connectivity index (χ4v) is 4.05. The molecule has 6 nitrogen and oxygen atoms in total. The molecule has 1 aromatic rings. The molecule has 1 atom stereocenters. The van der Waals surface area contributed by atoms with Crippen LogP contribution in [0.25, 0.3) is 0 Å². The van der Waals surface area contributed by atoms with Crippen molar-refractivity contribution in [2.45, 2.75) is 51.1 Å². The Balaban J connectivity index is 1.50. The van der Waals surface area contributed by atoms with Crippen LogP contribution in [0.3, 0.4) is 0 Å². The van der Waals surface area contributed by atoms with E-state index in [4.69, 9.17) is 5.73 Å². The molecule has 3 rings (SSSR count). The van der Waals surface area contributed by atoms with Crippen molar-refractivity contribution < 1.29 is 9.59 Å². The van der Waals surface area contributed by atoms with Crippen molar-refractivity contribution in [2.75, 3.05) is 25.0 Å². The Bertz CT molecular complexity index is 628. The van der Waals surface area contributed by atoms with Crippen LogP contribution in [0.1, 0.15) is 44.1 Å². The topological polar surface area (TPSA) is 87.5 Å². The number of hydrogen-bond donors (Lipinski definition) is 3. The van der Waals surface area contributed by atoms with E-state index < -0.39 is 0 Å². The van der Waals surface area contributed by atoms with E-state index in [0.29, 0.717) is 18.9 Å². The molecular weight excluding hydrogens is 328 g/mol. The van der Waals surface area contributed by atoms with Crippen LogP contribution in [0.15, 0.2) is 24.3 Å². The first-order valence-corrected chi connectivity index (χ1v) is 9.74. The van der Waals surface area contributed by atoms with E-state index in [1.54, 1.807) is 0 Å². The lowest BCUT2D eigenvalue weighted by Gasteiger charge is -2.22. The van der Waals surface area contributed by atoms with Gasteiger partial charge in [0.1, 0.15) is 0 Å². The average Bonchev–Trinajstić information content (AvgIpc) is 3.09. The molecule has 0 aromatic heterocycles. The Hall–Kier alpha value is -1.92. The molecule has 2 fully saturated rings. The number of nitrogens with one attached hydrogen (secondary N) is 2. The highest BCUT2D eigenvalue weighted by Crippen LogP contribution is 2.22. The predicted molar refractivity (Wildman–Crippen MR) is 103 cm³/mol. The summed E-state index contributed by atoms with van der Waals surface area (Å²) in [6.07, 6.45) is 5.70. The van der Waals surface area contributed by atoms with E-state index in [-0.39, 0.29) is 17.9 Å². The van der Waals surface area contributed by atoms with Gasteiger partial charge in [0.2, 0.25) is 11.8 Å². The third-order valence-electron chi connectivity index (χ3n) is 5.53. The number of primary amides is 1. The number of nitrogens with two attached hydrogens (primary N) is 1. The Kier molecular flexibility index (Phi) is 6.63. The first-order valence-electron chi connectivity index (χ1n) is 9.74. The van der Waals surface area contributed by atoms with E-state index in [2.05, 4.69) is 15.5 Å². The zero-order chi connectivity index (χ0) is 18.4. The number of piperidine rings is 1. The normalized spacial score (nSPS) is 21.6. The lowest BCUT2D eigenvalue weighted by molar-refractivity contribution is -0.122. The van der Waals surface area contributed by atoms with Crippen LogP contribution < -0.4 is 16.4 Å². The maximum atomic E-state index is 12.3. The largest absolute Gasteiger partial charge is 0.368 e. The minimum Gasteiger partial charge on any atom is -0.368 e. The molecule has 2 amide bonds. The molecule has 1 unspecified atom stereocenters. The van der Waals surface area contributed by atoms with Gasteiger partial charge < -0.3 is 16.4 Å². The maximum absolute atomic E-state index is 12.3. The fourth-order valence-electron chi connectivity index (χ4n) is 4.05. The number of benzene rings is 1. The summed E-state index contributed by atoms with van der Waals surface area (Å²) in [6, 6.07) is 7.73. The number of likely N-dealkylation sites (tertiary alicyclic amines) is 1. The van der Waals surface area contributed by atoms with Crippen molar-refractivity contribution in [3.05, 3.63) is 29.8 Å². The van der Waals surface area contributed by atoms with Crippen LogP contribution in [0.5, 0.6) is 0 Å². The number of carbonyl (C=O) groups is 2. The van der Waals surface area contributed by atoms with E-state index in [0.717, 1.165) is 50.1 Å². The molecule has 26 heavy (non-hydrogen) atoms. The quantitative estimate of drug-likeness (QED) is 0.694. The maximum Gasteiger partial charge on any atom is 0.234 e. The number of hydrogen-bond acceptors (Lipinski definition) is 4. The predicted octanol–water partition coefficient (Wildman–Crippen LogP) is 1.85. The molecule has 2 aliphatic rings. The molecule has 6 heteroatoms. The molecule has 0 aliphatic carbocycles. The summed E-state index contributed by atoms with van der Waals surface area (Å²) in [5.74, 6) is 0.496. The molecule has 142 valence electrons. The summed E-state index contributed by atoms with van der Waals surface area (Å²) < 4.78 is 0. The molecule has 0 saturated carbocycles. The van der Waals surface area contributed by atoms with Crippen molar-refractivity contribution in [2.24, 2.45) is 11.7 Å². The van der Waals surface area contributed by atoms with Crippen molar-refractivity contribution in [3.63, 3.8) is 0 Å². The minimum atomic E-state index is -0.245. The number of rotatable bonds is 7. The average molecular weight is 358 g/mol. The van der Waals surface area contributed by atoms with E-state index >= 15 is 0 Å². The van der Waals surface area contributed by atoms with Crippen LogP contribution in [0, 0.1) is 5.92 Å². The molecule has 0 radical (unpaired) electrons. The van der Waals surface area contributed by atoms with Gasteiger partial charge in [0.05, 0.1) is 6.04 Å². The minimum absolute atomic E-state index is 0.0804. The van der Waals surface area contributed by atoms with Gasteiger partial charge in [0.15, 0.2) is 0 Å². The van der Waals surface area contributed by atoms with Crippen molar-refractivity contribution in [3.8, 4) is 0 Å². The smallest absolute Gasteiger partial charge is 0.234 e. The highest BCUT2D eigenvalue weighted by molar-refractivity contribution is 5.90. The standard InChI is InChI=1S/C20H30N4O2/c21-20(26)18-5-2-12-24(18)14-16-3-1-4-17(13-16)23-19(25)7-6-15-8-10-22-11-9-15/h1,3-4,13,15,18,22H,2,5-12,14H2,(H2,21,26)(H,23,25). The molecule has 0 bridgehead atoms. The van der Waals surface area contributed by atoms with Gasteiger partial charge in [0, 0.05) is 18.7 Å². The lowest BCUT2D eigenvalue weighted by atomic mass is 9.93. The Morgan fingerprint density at radius 1 is 1.23 bits per heavy atom. The van der Waals surface area contributed by atoms with Crippen LogP contribution >= 0.6 is 0 Å². The third-order valence-corrected chi connectivity index (χ3v) is 5.53. The SMILES string of the molecule is NC(=O)C1CCCN1Cc1cccc(NC(=O)CCC2CCNCC2)c1. The fraction of sp³-hybridized carbons (Fsp3) is 0.600. The lowest BCUT2D eigenvalue weighted by Crippen LogP contribution is -2.39. The summed E-state index contributed by atoms with van der Waals surface area (Å²) in [7, 11) is 0. The summed E-state index contributed by atoms with van der Waals surface area (Å²) in [6.45, 7) is 3.71. The van der Waals surface area contributed by atoms with Crippen LogP contribution in [-0.4, -0.2) is 42.4 Å². The Morgan fingerprint density at radius 3 is 2.81 bits per heavy atom. The van der Waals surface area contributed by atoms with Gasteiger partial charge in [-0.15, -0.1) is 0 Å². The second-order valence-corrected chi connectivity index (χ2v) is 7.51. The summed E-state index contributed by atoms with van der Waals surface area (Å²) in [4.78, 5) is 25.9. The van der Waals surface area contributed by atoms with Crippen LogP contribution in [0.2, 0.25) is 0 Å². The summed E-state index contributed by atoms with van der Waals surface area (Å²) in [5.41, 5.74) is 7.41. The van der Waals surface area contributed by atoms with Crippen molar-refractivity contribution in [1.29, 1.82) is 0 Å². The number of carbonyl (C=O) groups excluding carboxylic acids is 2. The molecule has 2 saturated heterocycles. The highest BCUT2D eigenvalue weighted by atomic mass is 16.2. The van der Waals surface area contributed by atoms with E-state index in [1.807, 2.05) is 24.3 Å². The third kappa shape index (κ3) is 5.29. The molecule has 1 aromatic carbocycles. The van der Waals surface area contributed by atoms with Crippen LogP contribution in [0.4, 0.5) is 5.69 Å². The molecule has 2 aliphatic heterocycles. The zero-order valence-electron chi connectivity index (χ0n) is 15.4. The van der Waals surface area contributed by atoms with Gasteiger partial charge in [-0.25, -0.2) is 0 Å². The van der Waals surface area contributed by atoms with Gasteiger partial charge in [0.25, 0.3) is 0 Å².